The second kappa shape index (κ2) is 8.07. The third kappa shape index (κ3) is 4.31. The number of rotatable bonds is 4. The largest absolute Gasteiger partial charge is 0.508 e. The molecule has 0 atom stereocenters. The van der Waals surface area contributed by atoms with Crippen molar-refractivity contribution in [3.63, 3.8) is 0 Å². The fraction of sp³-hybridized carbons (Fsp3) is 0.304. The first-order valence-corrected chi connectivity index (χ1v) is 9.90. The van der Waals surface area contributed by atoms with Crippen LogP contribution in [-0.4, -0.2) is 26.5 Å². The van der Waals surface area contributed by atoms with Crippen LogP contribution in [-0.2, 0) is 32.1 Å². The lowest BCUT2D eigenvalue weighted by molar-refractivity contribution is -0.137. The van der Waals surface area contributed by atoms with Crippen molar-refractivity contribution >= 4 is 0 Å². The first-order chi connectivity index (χ1) is 14.3. The molecule has 7 heteroatoms. The summed E-state index contributed by atoms with van der Waals surface area (Å²) < 4.78 is 39.1. The molecule has 0 spiro atoms. The number of hydrogen-bond donors (Lipinski definition) is 1. The molecular weight excluding hydrogens is 391 g/mol. The molecule has 0 unspecified atom stereocenters. The van der Waals surface area contributed by atoms with Gasteiger partial charge in [-0.1, -0.05) is 25.1 Å². The number of benzene rings is 2. The number of halogens is 3. The molecule has 0 amide bonds. The number of alkyl halides is 3. The Balaban J connectivity index is 1.64. The summed E-state index contributed by atoms with van der Waals surface area (Å²) in [6.07, 6.45) is -2.91. The number of aromatic nitrogens is 2. The summed E-state index contributed by atoms with van der Waals surface area (Å²) in [7, 11) is 0. The first kappa shape index (κ1) is 20.3. The third-order valence-corrected chi connectivity index (χ3v) is 5.30. The van der Waals surface area contributed by atoms with Gasteiger partial charge in [-0.15, -0.1) is 0 Å². The van der Waals surface area contributed by atoms with Gasteiger partial charge < -0.3 is 5.11 Å². The number of aromatic hydroxyl groups is 1. The standard InChI is InChI=1S/C23H22F3N3O/c1-2-21-27-20-10-11-29(13-15-4-3-5-17(12-15)23(24,25)26)14-19(20)22(28-21)16-6-8-18(30)9-7-16/h3-9,12,30H,2,10-11,13-14H2,1H3. The zero-order valence-corrected chi connectivity index (χ0v) is 16.6. The molecule has 0 bridgehead atoms. The van der Waals surface area contributed by atoms with Gasteiger partial charge in [0.25, 0.3) is 0 Å². The van der Waals surface area contributed by atoms with Gasteiger partial charge in [-0.25, -0.2) is 9.97 Å². The van der Waals surface area contributed by atoms with Crippen LogP contribution in [0.4, 0.5) is 13.2 Å². The molecule has 4 rings (SSSR count). The van der Waals surface area contributed by atoms with E-state index in [1.54, 1.807) is 18.2 Å². The van der Waals surface area contributed by atoms with Crippen molar-refractivity contribution in [1.82, 2.24) is 14.9 Å². The number of hydrogen-bond acceptors (Lipinski definition) is 4. The Bertz CT molecular complexity index is 1050. The van der Waals surface area contributed by atoms with E-state index in [0.29, 0.717) is 25.1 Å². The Morgan fingerprint density at radius 3 is 2.53 bits per heavy atom. The maximum Gasteiger partial charge on any atom is 0.416 e. The van der Waals surface area contributed by atoms with Gasteiger partial charge in [0.1, 0.15) is 11.6 Å². The van der Waals surface area contributed by atoms with E-state index in [2.05, 4.69) is 9.88 Å². The first-order valence-electron chi connectivity index (χ1n) is 9.90. The van der Waals surface area contributed by atoms with Crippen molar-refractivity contribution in [2.24, 2.45) is 0 Å². The van der Waals surface area contributed by atoms with E-state index >= 15 is 0 Å². The van der Waals surface area contributed by atoms with Crippen LogP contribution in [0.2, 0.25) is 0 Å². The van der Waals surface area contributed by atoms with Crippen LogP contribution in [0.5, 0.6) is 5.75 Å². The van der Waals surface area contributed by atoms with Crippen LogP contribution in [0, 0.1) is 0 Å². The van der Waals surface area contributed by atoms with E-state index in [4.69, 9.17) is 4.98 Å². The summed E-state index contributed by atoms with van der Waals surface area (Å²) >= 11 is 0. The monoisotopic (exact) mass is 413 g/mol. The Hall–Kier alpha value is -2.93. The van der Waals surface area contributed by atoms with E-state index in [0.717, 1.165) is 47.4 Å². The summed E-state index contributed by atoms with van der Waals surface area (Å²) in [5.74, 6) is 0.951. The predicted molar refractivity (Wildman–Crippen MR) is 108 cm³/mol. The normalized spacial score (nSPS) is 14.5. The Kier molecular flexibility index (Phi) is 5.47. The minimum Gasteiger partial charge on any atom is -0.508 e. The van der Waals surface area contributed by atoms with Gasteiger partial charge in [-0.3, -0.25) is 4.90 Å². The zero-order valence-electron chi connectivity index (χ0n) is 16.6. The number of aryl methyl sites for hydroxylation is 1. The summed E-state index contributed by atoms with van der Waals surface area (Å²) in [4.78, 5) is 11.5. The van der Waals surface area contributed by atoms with Crippen LogP contribution in [0.3, 0.4) is 0 Å². The molecule has 0 saturated carbocycles. The van der Waals surface area contributed by atoms with Gasteiger partial charge in [0.05, 0.1) is 17.0 Å². The number of phenols is 1. The van der Waals surface area contributed by atoms with E-state index in [1.165, 1.54) is 12.1 Å². The van der Waals surface area contributed by atoms with E-state index in [9.17, 15) is 18.3 Å². The van der Waals surface area contributed by atoms with E-state index < -0.39 is 11.7 Å². The molecule has 1 aromatic heterocycles. The van der Waals surface area contributed by atoms with Gasteiger partial charge in [0, 0.05) is 43.6 Å². The van der Waals surface area contributed by atoms with Crippen LogP contribution in [0.1, 0.15) is 35.1 Å². The average molecular weight is 413 g/mol. The molecule has 2 heterocycles. The minimum atomic E-state index is -4.35. The smallest absolute Gasteiger partial charge is 0.416 e. The maximum absolute atomic E-state index is 13.0. The molecular formula is C23H22F3N3O. The summed E-state index contributed by atoms with van der Waals surface area (Å²) in [5, 5.41) is 9.61. The van der Waals surface area contributed by atoms with Crippen LogP contribution < -0.4 is 0 Å². The van der Waals surface area contributed by atoms with E-state index in [1.807, 2.05) is 19.1 Å². The number of nitrogens with zero attached hydrogens (tertiary/aromatic N) is 3. The van der Waals surface area contributed by atoms with Crippen molar-refractivity contribution in [3.05, 3.63) is 76.7 Å². The molecule has 156 valence electrons. The van der Waals surface area contributed by atoms with Crippen LogP contribution in [0.25, 0.3) is 11.3 Å². The van der Waals surface area contributed by atoms with Crippen molar-refractivity contribution in [2.75, 3.05) is 6.54 Å². The van der Waals surface area contributed by atoms with Crippen molar-refractivity contribution in [3.8, 4) is 17.0 Å². The summed E-state index contributed by atoms with van der Waals surface area (Å²) in [6, 6.07) is 12.4. The Labute approximate surface area is 173 Å². The molecule has 0 fully saturated rings. The fourth-order valence-corrected chi connectivity index (χ4v) is 3.78. The summed E-state index contributed by atoms with van der Waals surface area (Å²) in [6.45, 7) is 3.71. The van der Waals surface area contributed by atoms with Crippen molar-refractivity contribution < 1.29 is 18.3 Å². The molecule has 3 aromatic rings. The highest BCUT2D eigenvalue weighted by Crippen LogP contribution is 2.32. The molecule has 0 saturated heterocycles. The second-order valence-corrected chi connectivity index (χ2v) is 7.47. The lowest BCUT2D eigenvalue weighted by atomic mass is 9.98. The van der Waals surface area contributed by atoms with Gasteiger partial charge in [0.15, 0.2) is 0 Å². The molecule has 1 aliphatic heterocycles. The Morgan fingerprint density at radius 2 is 1.83 bits per heavy atom. The minimum absolute atomic E-state index is 0.184. The van der Waals surface area contributed by atoms with Gasteiger partial charge in [-0.05, 0) is 35.9 Å². The number of fused-ring (bicyclic) bond motifs is 1. The highest BCUT2D eigenvalue weighted by atomic mass is 19.4. The van der Waals surface area contributed by atoms with Gasteiger partial charge in [0.2, 0.25) is 0 Å². The molecule has 0 aliphatic carbocycles. The predicted octanol–water partition coefficient (Wildman–Crippen LogP) is 4.99. The molecule has 4 nitrogen and oxygen atoms in total. The summed E-state index contributed by atoms with van der Waals surface area (Å²) in [5.41, 5.74) is 3.71. The molecule has 2 aromatic carbocycles. The fourth-order valence-electron chi connectivity index (χ4n) is 3.78. The van der Waals surface area contributed by atoms with Gasteiger partial charge in [-0.2, -0.15) is 13.2 Å². The van der Waals surface area contributed by atoms with Crippen molar-refractivity contribution in [1.29, 1.82) is 0 Å². The van der Waals surface area contributed by atoms with Crippen LogP contribution in [0.15, 0.2) is 48.5 Å². The van der Waals surface area contributed by atoms with Gasteiger partial charge >= 0.3 is 6.18 Å². The van der Waals surface area contributed by atoms with Crippen LogP contribution >= 0.6 is 0 Å². The second-order valence-electron chi connectivity index (χ2n) is 7.47. The highest BCUT2D eigenvalue weighted by molar-refractivity contribution is 5.65. The van der Waals surface area contributed by atoms with E-state index in [-0.39, 0.29) is 5.75 Å². The lowest BCUT2D eigenvalue weighted by Gasteiger charge is -2.30. The van der Waals surface area contributed by atoms with Crippen molar-refractivity contribution in [2.45, 2.75) is 39.0 Å². The average Bonchev–Trinajstić information content (AvgIpc) is 2.73. The topological polar surface area (TPSA) is 49.3 Å². The molecule has 30 heavy (non-hydrogen) atoms. The number of phenolic OH excluding ortho intramolecular Hbond substituents is 1. The quantitative estimate of drug-likeness (QED) is 0.655. The third-order valence-electron chi connectivity index (χ3n) is 5.30. The lowest BCUT2D eigenvalue weighted by Crippen LogP contribution is -2.32. The molecule has 1 N–H and O–H groups in total. The molecule has 1 aliphatic rings. The zero-order chi connectivity index (χ0) is 21.3. The maximum atomic E-state index is 13.0. The Morgan fingerprint density at radius 1 is 1.07 bits per heavy atom. The highest BCUT2D eigenvalue weighted by Gasteiger charge is 2.30. The SMILES string of the molecule is CCc1nc2c(c(-c3ccc(O)cc3)n1)CN(Cc1cccc(C(F)(F)F)c1)CC2. The molecule has 0 radical (unpaired) electrons.